The van der Waals surface area contributed by atoms with Crippen molar-refractivity contribution < 1.29 is 23.7 Å². The molecule has 3 aromatic rings. The van der Waals surface area contributed by atoms with Gasteiger partial charge in [0.25, 0.3) is 5.91 Å². The van der Waals surface area contributed by atoms with Crippen LogP contribution in [0.2, 0.25) is 0 Å². The molecule has 2 aliphatic rings. The van der Waals surface area contributed by atoms with Gasteiger partial charge in [-0.15, -0.1) is 0 Å². The van der Waals surface area contributed by atoms with E-state index in [1.54, 1.807) is 31.2 Å². The molecule has 0 spiro atoms. The minimum Gasteiger partial charge on any atom is -0.366 e. The van der Waals surface area contributed by atoms with E-state index in [9.17, 15) is 19.2 Å². The van der Waals surface area contributed by atoms with Crippen molar-refractivity contribution in [2.45, 2.75) is 38.9 Å². The van der Waals surface area contributed by atoms with Gasteiger partial charge < -0.3 is 20.5 Å². The predicted octanol–water partition coefficient (Wildman–Crippen LogP) is 1.52. The second-order valence-electron chi connectivity index (χ2n) is 8.56. The Morgan fingerprint density at radius 3 is 2.83 bits per heavy atom. The Balaban J connectivity index is 1.26. The van der Waals surface area contributed by atoms with Gasteiger partial charge in [0.2, 0.25) is 23.5 Å². The summed E-state index contributed by atoms with van der Waals surface area (Å²) in [4.78, 5) is 53.9. The highest BCUT2D eigenvalue weighted by atomic mass is 16.5. The van der Waals surface area contributed by atoms with Gasteiger partial charge in [-0.3, -0.25) is 24.5 Å². The third-order valence-electron chi connectivity index (χ3n) is 6.22. The van der Waals surface area contributed by atoms with Crippen LogP contribution in [-0.4, -0.2) is 44.7 Å². The van der Waals surface area contributed by atoms with E-state index in [-0.39, 0.29) is 24.2 Å². The first-order valence-corrected chi connectivity index (χ1v) is 11.0. The van der Waals surface area contributed by atoms with Gasteiger partial charge in [0.05, 0.1) is 0 Å². The molecule has 178 valence electrons. The molecule has 5 rings (SSSR count). The molecule has 1 saturated heterocycles. The van der Waals surface area contributed by atoms with Gasteiger partial charge in [-0.25, -0.2) is 0 Å². The number of nitrogens with zero attached hydrogens (tertiary/aromatic N) is 3. The largest absolute Gasteiger partial charge is 0.366 e. The number of rotatable bonds is 6. The highest BCUT2D eigenvalue weighted by molar-refractivity contribution is 6.05. The van der Waals surface area contributed by atoms with Gasteiger partial charge in [-0.2, -0.15) is 4.98 Å². The monoisotopic (exact) mass is 474 g/mol. The Morgan fingerprint density at radius 2 is 2.06 bits per heavy atom. The van der Waals surface area contributed by atoms with Crippen molar-refractivity contribution in [1.29, 1.82) is 0 Å². The number of carbonyl (C=O) groups excluding carboxylic acids is 4. The van der Waals surface area contributed by atoms with Crippen LogP contribution in [0.1, 0.15) is 50.2 Å². The van der Waals surface area contributed by atoms with Crippen LogP contribution < -0.4 is 16.4 Å². The van der Waals surface area contributed by atoms with Crippen LogP contribution in [0.3, 0.4) is 0 Å². The smallest absolute Gasteiger partial charge is 0.322 e. The van der Waals surface area contributed by atoms with Crippen LogP contribution in [-0.2, 0) is 22.7 Å². The summed E-state index contributed by atoms with van der Waals surface area (Å²) >= 11 is 0. The number of primary amides is 1. The first kappa shape index (κ1) is 22.3. The number of hydrogen-bond acceptors (Lipinski definition) is 8. The average Bonchev–Trinajstić information content (AvgIpc) is 3.42. The fraction of sp³-hybridized carbons (Fsp3) is 0.250. The molecule has 35 heavy (non-hydrogen) atoms. The van der Waals surface area contributed by atoms with E-state index in [0.29, 0.717) is 42.0 Å². The van der Waals surface area contributed by atoms with Gasteiger partial charge >= 0.3 is 6.01 Å². The van der Waals surface area contributed by atoms with E-state index in [2.05, 4.69) is 20.8 Å². The molecule has 1 fully saturated rings. The van der Waals surface area contributed by atoms with Crippen molar-refractivity contribution in [3.63, 3.8) is 0 Å². The molecule has 2 aliphatic heterocycles. The van der Waals surface area contributed by atoms with Gasteiger partial charge in [0.1, 0.15) is 6.04 Å². The number of nitrogens with two attached hydrogens (primary N) is 1. The summed E-state index contributed by atoms with van der Waals surface area (Å²) in [5, 5.41) is 9.31. The number of nitrogens with one attached hydrogen (secondary N) is 2. The molecule has 0 aliphatic carbocycles. The summed E-state index contributed by atoms with van der Waals surface area (Å²) in [6, 6.07) is 10.2. The number of piperidine rings is 1. The predicted molar refractivity (Wildman–Crippen MR) is 123 cm³/mol. The summed E-state index contributed by atoms with van der Waals surface area (Å²) in [5.41, 5.74) is 9.40. The Kier molecular flexibility index (Phi) is 5.51. The molecule has 1 unspecified atom stereocenters. The molecule has 3 heterocycles. The number of amides is 4. The number of carbonyl (C=O) groups is 4. The highest BCUT2D eigenvalue weighted by Gasteiger charge is 2.39. The molecule has 0 radical (unpaired) electrons. The minimum absolute atomic E-state index is 0.197. The first-order chi connectivity index (χ1) is 16.8. The van der Waals surface area contributed by atoms with Gasteiger partial charge in [0, 0.05) is 36.2 Å². The Labute approximate surface area is 199 Å². The normalized spacial score (nSPS) is 17.3. The summed E-state index contributed by atoms with van der Waals surface area (Å²) in [5.74, 6) is -1.19. The quantitative estimate of drug-likeness (QED) is 0.453. The van der Waals surface area contributed by atoms with Crippen molar-refractivity contribution in [2.24, 2.45) is 5.73 Å². The fourth-order valence-electron chi connectivity index (χ4n) is 4.35. The summed E-state index contributed by atoms with van der Waals surface area (Å²) in [6.45, 7) is 2.46. The van der Waals surface area contributed by atoms with Crippen LogP contribution in [0.15, 0.2) is 40.9 Å². The zero-order valence-electron chi connectivity index (χ0n) is 18.8. The average molecular weight is 474 g/mol. The van der Waals surface area contributed by atoms with Crippen LogP contribution in [0.5, 0.6) is 0 Å². The molecule has 1 aromatic heterocycles. The number of anilines is 1. The molecule has 0 saturated carbocycles. The summed E-state index contributed by atoms with van der Waals surface area (Å²) in [6.07, 6.45) is 0.532. The van der Waals surface area contributed by atoms with Gasteiger partial charge in [0.15, 0.2) is 0 Å². The maximum Gasteiger partial charge on any atom is 0.322 e. The second-order valence-corrected chi connectivity index (χ2v) is 8.56. The molecule has 2 aromatic carbocycles. The van der Waals surface area contributed by atoms with Crippen molar-refractivity contribution in [3.05, 3.63) is 64.2 Å². The summed E-state index contributed by atoms with van der Waals surface area (Å²) in [7, 11) is 0. The SMILES string of the molecule is Cc1ccc(-c2noc(NCc3ccc4c(c3)CN(C3CCC(=O)NC3=O)C4=O)n2)cc1C(N)=O. The van der Waals surface area contributed by atoms with E-state index in [4.69, 9.17) is 10.3 Å². The molecule has 1 atom stereocenters. The number of aryl methyl sites for hydroxylation is 1. The highest BCUT2D eigenvalue weighted by Crippen LogP contribution is 2.28. The number of imide groups is 1. The Hall–Kier alpha value is -4.54. The minimum atomic E-state index is -0.650. The maximum atomic E-state index is 12.8. The van der Waals surface area contributed by atoms with Crippen LogP contribution in [0.25, 0.3) is 11.4 Å². The Bertz CT molecular complexity index is 1380. The zero-order valence-corrected chi connectivity index (χ0v) is 18.8. The van der Waals surface area contributed by atoms with E-state index in [1.807, 2.05) is 12.1 Å². The molecule has 11 heteroatoms. The first-order valence-electron chi connectivity index (χ1n) is 11.0. The molecular formula is C24H22N6O5. The second kappa shape index (κ2) is 8.67. The van der Waals surface area contributed by atoms with E-state index >= 15 is 0 Å². The van der Waals surface area contributed by atoms with Crippen molar-refractivity contribution in [1.82, 2.24) is 20.4 Å². The summed E-state index contributed by atoms with van der Waals surface area (Å²) < 4.78 is 5.28. The number of benzene rings is 2. The number of fused-ring (bicyclic) bond motifs is 1. The topological polar surface area (TPSA) is 161 Å². The molecule has 4 amide bonds. The van der Waals surface area contributed by atoms with Crippen LogP contribution in [0.4, 0.5) is 6.01 Å². The molecule has 4 N–H and O–H groups in total. The van der Waals surface area contributed by atoms with Gasteiger partial charge in [-0.1, -0.05) is 29.4 Å². The van der Waals surface area contributed by atoms with E-state index in [1.165, 1.54) is 4.90 Å². The van der Waals surface area contributed by atoms with Crippen molar-refractivity contribution in [2.75, 3.05) is 5.32 Å². The van der Waals surface area contributed by atoms with Crippen LogP contribution in [0, 0.1) is 6.92 Å². The van der Waals surface area contributed by atoms with Crippen molar-refractivity contribution >= 4 is 29.6 Å². The van der Waals surface area contributed by atoms with E-state index < -0.39 is 17.9 Å². The third-order valence-corrected chi connectivity index (χ3v) is 6.22. The number of hydrogen-bond donors (Lipinski definition) is 3. The van der Waals surface area contributed by atoms with Crippen LogP contribution >= 0.6 is 0 Å². The Morgan fingerprint density at radius 1 is 1.23 bits per heavy atom. The van der Waals surface area contributed by atoms with E-state index in [0.717, 1.165) is 16.7 Å². The lowest BCUT2D eigenvalue weighted by molar-refractivity contribution is -0.136. The molecular weight excluding hydrogens is 452 g/mol. The van der Waals surface area contributed by atoms with Crippen molar-refractivity contribution in [3.8, 4) is 11.4 Å². The van der Waals surface area contributed by atoms with Gasteiger partial charge in [-0.05, 0) is 42.2 Å². The third kappa shape index (κ3) is 4.23. The number of aromatic nitrogens is 2. The molecule has 0 bridgehead atoms. The lowest BCUT2D eigenvalue weighted by atomic mass is 10.0. The standard InChI is InChI=1S/C24H22N6O5/c1-12-2-4-14(9-17(12)20(25)32)21-28-24(35-29-21)26-10-13-3-5-16-15(8-13)11-30(23(16)34)18-6-7-19(31)27-22(18)33/h2-5,8-9,18H,6-7,10-11H2,1H3,(H2,25,32)(H,26,28,29)(H,27,31,33). The zero-order chi connectivity index (χ0) is 24.7. The fourth-order valence-corrected chi connectivity index (χ4v) is 4.35. The molecule has 11 nitrogen and oxygen atoms in total. The lowest BCUT2D eigenvalue weighted by Gasteiger charge is -2.29. The maximum absolute atomic E-state index is 12.8. The lowest BCUT2D eigenvalue weighted by Crippen LogP contribution is -2.52.